The second-order valence-corrected chi connectivity index (χ2v) is 2.55. The third-order valence-electron chi connectivity index (χ3n) is 1.76. The van der Waals surface area contributed by atoms with Gasteiger partial charge in [-0.25, -0.2) is 0 Å². The Morgan fingerprint density at radius 2 is 2.55 bits per heavy atom. The Kier molecular flexibility index (Phi) is 2.62. The lowest BCUT2D eigenvalue weighted by molar-refractivity contribution is -0.137. The summed E-state index contributed by atoms with van der Waals surface area (Å²) in [5, 5.41) is 11.6. The molecule has 1 unspecified atom stereocenters. The van der Waals surface area contributed by atoms with Crippen LogP contribution in [-0.4, -0.2) is 30.2 Å². The van der Waals surface area contributed by atoms with Gasteiger partial charge < -0.3 is 16.2 Å². The first kappa shape index (κ1) is 8.23. The zero-order valence-corrected chi connectivity index (χ0v) is 6.21. The lowest BCUT2D eigenvalue weighted by Crippen LogP contribution is -2.36. The van der Waals surface area contributed by atoms with Crippen molar-refractivity contribution in [3.05, 3.63) is 11.6 Å². The summed E-state index contributed by atoms with van der Waals surface area (Å²) in [6.45, 7) is 1.56. The van der Waals surface area contributed by atoms with Gasteiger partial charge in [0.1, 0.15) is 6.04 Å². The van der Waals surface area contributed by atoms with E-state index in [0.717, 1.165) is 25.1 Å². The summed E-state index contributed by atoms with van der Waals surface area (Å²) in [6.07, 6.45) is 2.59. The quantitative estimate of drug-likeness (QED) is 0.463. The normalized spacial score (nSPS) is 20.6. The minimum Gasteiger partial charge on any atom is -0.480 e. The molecule has 1 aliphatic rings. The molecule has 4 heteroatoms. The van der Waals surface area contributed by atoms with Crippen LogP contribution in [0.25, 0.3) is 0 Å². The molecule has 11 heavy (non-hydrogen) atoms. The van der Waals surface area contributed by atoms with Gasteiger partial charge in [0.15, 0.2) is 0 Å². The van der Waals surface area contributed by atoms with E-state index in [-0.39, 0.29) is 0 Å². The van der Waals surface area contributed by atoms with Crippen LogP contribution in [-0.2, 0) is 4.79 Å². The Hall–Kier alpha value is -0.870. The van der Waals surface area contributed by atoms with E-state index in [1.165, 1.54) is 0 Å². The van der Waals surface area contributed by atoms with Crippen molar-refractivity contribution in [2.24, 2.45) is 5.73 Å². The van der Waals surface area contributed by atoms with E-state index in [4.69, 9.17) is 10.8 Å². The molecule has 0 fully saturated rings. The fourth-order valence-corrected chi connectivity index (χ4v) is 1.08. The van der Waals surface area contributed by atoms with Gasteiger partial charge in [-0.05, 0) is 18.5 Å². The van der Waals surface area contributed by atoms with Crippen LogP contribution < -0.4 is 11.1 Å². The zero-order chi connectivity index (χ0) is 8.27. The molecule has 0 bridgehead atoms. The molecular formula is C7H12N2O2. The third-order valence-corrected chi connectivity index (χ3v) is 1.76. The summed E-state index contributed by atoms with van der Waals surface area (Å²) in [5.74, 6) is -0.946. The molecule has 4 N–H and O–H groups in total. The molecule has 0 aromatic rings. The van der Waals surface area contributed by atoms with Crippen LogP contribution in [0.5, 0.6) is 0 Å². The summed E-state index contributed by atoms with van der Waals surface area (Å²) in [6, 6.07) is -0.808. The number of carboxylic acids is 1. The molecule has 1 aliphatic heterocycles. The van der Waals surface area contributed by atoms with Gasteiger partial charge in [0.25, 0.3) is 0 Å². The van der Waals surface area contributed by atoms with E-state index < -0.39 is 12.0 Å². The average molecular weight is 156 g/mol. The van der Waals surface area contributed by atoms with Crippen molar-refractivity contribution in [2.45, 2.75) is 12.5 Å². The largest absolute Gasteiger partial charge is 0.480 e. The second kappa shape index (κ2) is 3.50. The number of nitrogens with two attached hydrogens (primary N) is 1. The first-order valence-electron chi connectivity index (χ1n) is 3.60. The number of carbonyl (C=O) groups is 1. The second-order valence-electron chi connectivity index (χ2n) is 2.55. The summed E-state index contributed by atoms with van der Waals surface area (Å²) < 4.78 is 0. The highest BCUT2D eigenvalue weighted by atomic mass is 16.4. The molecule has 0 spiro atoms. The highest BCUT2D eigenvalue weighted by Crippen LogP contribution is 2.07. The minimum absolute atomic E-state index is 0.732. The van der Waals surface area contributed by atoms with Gasteiger partial charge in [0.05, 0.1) is 0 Å². The number of rotatable bonds is 2. The molecule has 0 aromatic heterocycles. The summed E-state index contributed by atoms with van der Waals surface area (Å²) in [5.41, 5.74) is 6.23. The number of nitrogens with one attached hydrogen (secondary N) is 1. The van der Waals surface area contributed by atoms with Gasteiger partial charge in [0.2, 0.25) is 0 Å². The number of hydrogen-bond acceptors (Lipinski definition) is 3. The third kappa shape index (κ3) is 2.03. The number of hydrogen-bond donors (Lipinski definition) is 3. The van der Waals surface area contributed by atoms with Crippen LogP contribution in [0.15, 0.2) is 11.6 Å². The summed E-state index contributed by atoms with van der Waals surface area (Å²) in [7, 11) is 0. The summed E-state index contributed by atoms with van der Waals surface area (Å²) in [4.78, 5) is 10.4. The lowest BCUT2D eigenvalue weighted by atomic mass is 10.0. The van der Waals surface area contributed by atoms with Gasteiger partial charge in [0, 0.05) is 6.54 Å². The van der Waals surface area contributed by atoms with Crippen LogP contribution in [0, 0.1) is 0 Å². The SMILES string of the molecule is NC(C(=O)O)C1=CCNCC1. The van der Waals surface area contributed by atoms with Gasteiger partial charge in [-0.3, -0.25) is 4.79 Å². The van der Waals surface area contributed by atoms with Crippen molar-refractivity contribution in [2.75, 3.05) is 13.1 Å². The monoisotopic (exact) mass is 156 g/mol. The van der Waals surface area contributed by atoms with Gasteiger partial charge in [-0.2, -0.15) is 0 Å². The Morgan fingerprint density at radius 3 is 3.00 bits per heavy atom. The molecule has 1 atom stereocenters. The average Bonchev–Trinajstić information content (AvgIpc) is 2.05. The predicted molar refractivity (Wildman–Crippen MR) is 41.2 cm³/mol. The minimum atomic E-state index is -0.946. The Morgan fingerprint density at radius 1 is 1.82 bits per heavy atom. The van der Waals surface area contributed by atoms with Crippen molar-refractivity contribution in [3.63, 3.8) is 0 Å². The predicted octanol–water partition coefficient (Wildman–Crippen LogP) is -0.682. The first-order chi connectivity index (χ1) is 5.22. The van der Waals surface area contributed by atoms with Crippen molar-refractivity contribution in [3.8, 4) is 0 Å². The Labute approximate surface area is 65.1 Å². The smallest absolute Gasteiger partial charge is 0.324 e. The lowest BCUT2D eigenvalue weighted by Gasteiger charge is -2.16. The van der Waals surface area contributed by atoms with Crippen LogP contribution in [0.1, 0.15) is 6.42 Å². The van der Waals surface area contributed by atoms with E-state index in [9.17, 15) is 4.79 Å². The molecule has 62 valence electrons. The van der Waals surface area contributed by atoms with E-state index in [1.54, 1.807) is 0 Å². The molecule has 0 aliphatic carbocycles. The van der Waals surface area contributed by atoms with Crippen molar-refractivity contribution in [1.29, 1.82) is 0 Å². The van der Waals surface area contributed by atoms with Gasteiger partial charge in [-0.1, -0.05) is 6.08 Å². The maximum atomic E-state index is 10.4. The number of carboxylic acid groups (broad SMARTS) is 1. The van der Waals surface area contributed by atoms with Gasteiger partial charge in [-0.15, -0.1) is 0 Å². The molecule has 1 heterocycles. The highest BCUT2D eigenvalue weighted by molar-refractivity contribution is 5.77. The fourth-order valence-electron chi connectivity index (χ4n) is 1.08. The van der Waals surface area contributed by atoms with Crippen molar-refractivity contribution >= 4 is 5.97 Å². The van der Waals surface area contributed by atoms with E-state index in [0.29, 0.717) is 0 Å². The van der Waals surface area contributed by atoms with Crippen LogP contribution in [0.3, 0.4) is 0 Å². The van der Waals surface area contributed by atoms with Gasteiger partial charge >= 0.3 is 5.97 Å². The fraction of sp³-hybridized carbons (Fsp3) is 0.571. The van der Waals surface area contributed by atoms with Crippen LogP contribution in [0.4, 0.5) is 0 Å². The van der Waals surface area contributed by atoms with Crippen molar-refractivity contribution in [1.82, 2.24) is 5.32 Å². The van der Waals surface area contributed by atoms with Crippen LogP contribution >= 0.6 is 0 Å². The molecule has 1 rings (SSSR count). The molecule has 0 amide bonds. The number of aliphatic carboxylic acids is 1. The zero-order valence-electron chi connectivity index (χ0n) is 6.21. The molecule has 0 saturated carbocycles. The van der Waals surface area contributed by atoms with Crippen LogP contribution in [0.2, 0.25) is 0 Å². The Balaban J connectivity index is 2.58. The summed E-state index contributed by atoms with van der Waals surface area (Å²) >= 11 is 0. The first-order valence-corrected chi connectivity index (χ1v) is 3.60. The Bertz CT molecular complexity index is 189. The maximum absolute atomic E-state index is 10.4. The molecular weight excluding hydrogens is 144 g/mol. The molecule has 0 aromatic carbocycles. The molecule has 4 nitrogen and oxygen atoms in total. The topological polar surface area (TPSA) is 75.4 Å². The van der Waals surface area contributed by atoms with E-state index in [2.05, 4.69) is 5.32 Å². The molecule has 0 radical (unpaired) electrons. The highest BCUT2D eigenvalue weighted by Gasteiger charge is 2.17. The van der Waals surface area contributed by atoms with Crippen molar-refractivity contribution < 1.29 is 9.90 Å². The standard InChI is InChI=1S/C7H12N2O2/c8-6(7(10)11)5-1-3-9-4-2-5/h1,6,9H,2-4,8H2,(H,10,11). The molecule has 0 saturated heterocycles. The van der Waals surface area contributed by atoms with E-state index in [1.807, 2.05) is 6.08 Å². The van der Waals surface area contributed by atoms with E-state index >= 15 is 0 Å². The maximum Gasteiger partial charge on any atom is 0.324 e.